The highest BCUT2D eigenvalue weighted by Crippen LogP contribution is 2.43. The Bertz CT molecular complexity index is 4660. The molecular weight excluding hydrogens is 877 g/mol. The van der Waals surface area contributed by atoms with Crippen LogP contribution in [0.25, 0.3) is 132 Å². The molecule has 5 aromatic heterocycles. The molecule has 6 heteroatoms. The molecule has 15 aromatic rings. The summed E-state index contributed by atoms with van der Waals surface area (Å²) in [5.41, 5.74) is 16.7. The van der Waals surface area contributed by atoms with E-state index in [0.717, 1.165) is 99.9 Å². The Hall–Kier alpha value is -9.96. The molecule has 5 heterocycles. The van der Waals surface area contributed by atoms with Gasteiger partial charge in [-0.1, -0.05) is 146 Å². The minimum Gasteiger partial charge on any atom is -0.309 e. The molecule has 0 saturated heterocycles. The summed E-state index contributed by atoms with van der Waals surface area (Å²) in [5.74, 6) is 0. The summed E-state index contributed by atoms with van der Waals surface area (Å²) in [7, 11) is 0. The summed E-state index contributed by atoms with van der Waals surface area (Å²) in [5, 5.41) is 20.7. The van der Waals surface area contributed by atoms with Crippen LogP contribution in [-0.2, 0) is 0 Å². The number of nitriles is 1. The van der Waals surface area contributed by atoms with Crippen molar-refractivity contribution < 1.29 is 0 Å². The average molecular weight is 917 g/mol. The van der Waals surface area contributed by atoms with Crippen LogP contribution < -0.4 is 0 Å². The van der Waals surface area contributed by atoms with Crippen LogP contribution in [0.1, 0.15) is 5.56 Å². The maximum Gasteiger partial charge on any atom is 0.0999 e. The molecule has 0 atom stereocenters. The predicted molar refractivity (Wildman–Crippen MR) is 297 cm³/mol. The second-order valence-corrected chi connectivity index (χ2v) is 18.6. The molecule has 10 aromatic carbocycles. The monoisotopic (exact) mass is 916 g/mol. The molecule has 0 radical (unpaired) electrons. The fourth-order valence-corrected chi connectivity index (χ4v) is 11.7. The van der Waals surface area contributed by atoms with Crippen molar-refractivity contribution in [2.45, 2.75) is 0 Å². The van der Waals surface area contributed by atoms with Gasteiger partial charge in [-0.15, -0.1) is 0 Å². The van der Waals surface area contributed by atoms with Gasteiger partial charge in [0.2, 0.25) is 0 Å². The van der Waals surface area contributed by atoms with Crippen LogP contribution in [0, 0.1) is 11.3 Å². The molecule has 0 N–H and O–H groups in total. The summed E-state index contributed by atoms with van der Waals surface area (Å²) in [4.78, 5) is 5.26. The number of pyridine rings is 1. The lowest BCUT2D eigenvalue weighted by molar-refractivity contribution is 1.09. The Morgan fingerprint density at radius 3 is 1.10 bits per heavy atom. The van der Waals surface area contributed by atoms with E-state index in [1.807, 2.05) is 36.4 Å². The van der Waals surface area contributed by atoms with E-state index in [1.54, 1.807) is 0 Å². The van der Waals surface area contributed by atoms with E-state index in [0.29, 0.717) is 5.56 Å². The summed E-state index contributed by atoms with van der Waals surface area (Å²) >= 11 is 0. The predicted octanol–water partition coefficient (Wildman–Crippen LogP) is 16.7. The van der Waals surface area contributed by atoms with Crippen molar-refractivity contribution >= 4 is 87.2 Å². The lowest BCUT2D eigenvalue weighted by Crippen LogP contribution is -2.06. The summed E-state index contributed by atoms with van der Waals surface area (Å²) in [6, 6.07) is 89.0. The van der Waals surface area contributed by atoms with Crippen molar-refractivity contribution in [3.63, 3.8) is 0 Å². The third-order valence-electron chi connectivity index (χ3n) is 14.8. The largest absolute Gasteiger partial charge is 0.309 e. The molecule has 72 heavy (non-hydrogen) atoms. The number of hydrogen-bond acceptors (Lipinski definition) is 2. The van der Waals surface area contributed by atoms with Gasteiger partial charge >= 0.3 is 0 Å². The normalized spacial score (nSPS) is 11.9. The zero-order valence-electron chi connectivity index (χ0n) is 38.8. The first-order valence-electron chi connectivity index (χ1n) is 24.4. The highest BCUT2D eigenvalue weighted by molar-refractivity contribution is 6.15. The molecule has 0 aliphatic rings. The standard InChI is InChI=1S/C66H40N6/c67-41-43-37-65(71-61-31-14-8-23-50(61)53-38-44(33-35-63(53)71)69-57-27-10-4-19-46(57)47-20-5-11-28-58(47)69)66(40-52(43)56-26-16-25-55(68-56)42-17-2-1-3-18-42)72-62-32-15-9-24-51(62)54-39-45(34-36-64(54)72)70-59-29-12-6-21-48(59)49-22-7-13-30-60(49)70/h1-40H. The van der Waals surface area contributed by atoms with E-state index < -0.39 is 0 Å². The van der Waals surface area contributed by atoms with Crippen LogP contribution in [-0.4, -0.2) is 23.3 Å². The molecule has 0 aliphatic heterocycles. The molecule has 0 spiro atoms. The highest BCUT2D eigenvalue weighted by atomic mass is 15.1. The number of rotatable bonds is 6. The summed E-state index contributed by atoms with van der Waals surface area (Å²) in [6.07, 6.45) is 0. The first-order chi connectivity index (χ1) is 35.7. The van der Waals surface area contributed by atoms with Crippen LogP contribution in [0.2, 0.25) is 0 Å². The Labute approximate surface area is 413 Å². The van der Waals surface area contributed by atoms with E-state index >= 15 is 0 Å². The van der Waals surface area contributed by atoms with Gasteiger partial charge in [-0.25, -0.2) is 4.98 Å². The molecule has 0 aliphatic carbocycles. The second-order valence-electron chi connectivity index (χ2n) is 18.6. The van der Waals surface area contributed by atoms with E-state index in [9.17, 15) is 5.26 Å². The van der Waals surface area contributed by atoms with Gasteiger partial charge in [-0.2, -0.15) is 5.26 Å². The van der Waals surface area contributed by atoms with Crippen LogP contribution in [0.3, 0.4) is 0 Å². The van der Waals surface area contributed by atoms with Gasteiger partial charge in [0, 0.05) is 65.6 Å². The lowest BCUT2D eigenvalue weighted by Gasteiger charge is -2.19. The first kappa shape index (κ1) is 40.0. The van der Waals surface area contributed by atoms with Crippen molar-refractivity contribution in [1.29, 1.82) is 5.26 Å². The van der Waals surface area contributed by atoms with Gasteiger partial charge < -0.3 is 18.3 Å². The smallest absolute Gasteiger partial charge is 0.0999 e. The van der Waals surface area contributed by atoms with Gasteiger partial charge in [0.1, 0.15) is 0 Å². The van der Waals surface area contributed by atoms with Gasteiger partial charge in [-0.05, 0) is 97.1 Å². The molecular formula is C66H40N6. The highest BCUT2D eigenvalue weighted by Gasteiger charge is 2.24. The Morgan fingerprint density at radius 2 is 0.653 bits per heavy atom. The molecule has 0 bridgehead atoms. The van der Waals surface area contributed by atoms with Gasteiger partial charge in [0.15, 0.2) is 0 Å². The molecule has 6 nitrogen and oxygen atoms in total. The molecule has 0 unspecified atom stereocenters. The van der Waals surface area contributed by atoms with Crippen LogP contribution in [0.4, 0.5) is 0 Å². The Balaban J connectivity index is 1.02. The number of nitrogens with zero attached hydrogens (tertiary/aromatic N) is 6. The summed E-state index contributed by atoms with van der Waals surface area (Å²) in [6.45, 7) is 0. The third kappa shape index (κ3) is 5.79. The quantitative estimate of drug-likeness (QED) is 0.167. The molecule has 15 rings (SSSR count). The fraction of sp³-hybridized carbons (Fsp3) is 0. The number of benzene rings is 10. The zero-order valence-corrected chi connectivity index (χ0v) is 38.8. The van der Waals surface area contributed by atoms with Crippen LogP contribution >= 0.6 is 0 Å². The zero-order chi connectivity index (χ0) is 47.4. The van der Waals surface area contributed by atoms with Gasteiger partial charge in [-0.3, -0.25) is 0 Å². The van der Waals surface area contributed by atoms with Gasteiger partial charge in [0.25, 0.3) is 0 Å². The second kappa shape index (κ2) is 15.5. The van der Waals surface area contributed by atoms with Crippen molar-refractivity contribution in [2.75, 3.05) is 0 Å². The average Bonchev–Trinajstić information content (AvgIpc) is 4.18. The maximum atomic E-state index is 11.3. The molecule has 0 amide bonds. The molecule has 334 valence electrons. The Kier molecular flexibility index (Phi) is 8.62. The van der Waals surface area contributed by atoms with E-state index in [1.165, 1.54) is 32.6 Å². The van der Waals surface area contributed by atoms with Crippen molar-refractivity contribution in [3.8, 4) is 51.3 Å². The lowest BCUT2D eigenvalue weighted by atomic mass is 10.0. The number of fused-ring (bicyclic) bond motifs is 12. The minimum absolute atomic E-state index is 0.536. The summed E-state index contributed by atoms with van der Waals surface area (Å²) < 4.78 is 9.53. The maximum absolute atomic E-state index is 11.3. The van der Waals surface area contributed by atoms with Gasteiger partial charge in [0.05, 0.1) is 78.5 Å². The number of aromatic nitrogens is 5. The van der Waals surface area contributed by atoms with Crippen molar-refractivity contribution in [1.82, 2.24) is 23.3 Å². The topological polar surface area (TPSA) is 56.4 Å². The van der Waals surface area contributed by atoms with E-state index in [4.69, 9.17) is 4.98 Å². The van der Waals surface area contributed by atoms with E-state index in [2.05, 4.69) is 231 Å². The Morgan fingerprint density at radius 1 is 0.292 bits per heavy atom. The number of hydrogen-bond donors (Lipinski definition) is 0. The number of para-hydroxylation sites is 6. The first-order valence-corrected chi connectivity index (χ1v) is 24.4. The van der Waals surface area contributed by atoms with Crippen molar-refractivity contribution in [2.24, 2.45) is 0 Å². The molecule has 0 fully saturated rings. The van der Waals surface area contributed by atoms with Crippen LogP contribution in [0.15, 0.2) is 243 Å². The van der Waals surface area contributed by atoms with E-state index in [-0.39, 0.29) is 0 Å². The molecule has 0 saturated carbocycles. The minimum atomic E-state index is 0.536. The fourth-order valence-electron chi connectivity index (χ4n) is 11.7. The SMILES string of the molecule is N#Cc1cc(-n2c3ccccc3c3cc(-n4c5ccccc5c5ccccc54)ccc32)c(-n2c3ccccc3c3cc(-n4c5ccccc5c5ccccc54)ccc32)cc1-c1cccc(-c2ccccc2)n1. The van der Waals surface area contributed by atoms with Crippen LogP contribution in [0.5, 0.6) is 0 Å². The third-order valence-corrected chi connectivity index (χ3v) is 14.8. The van der Waals surface area contributed by atoms with Crippen molar-refractivity contribution in [3.05, 3.63) is 248 Å².